The number of benzene rings is 1. The minimum atomic E-state index is -0.913. The molecule has 3 heterocycles. The van der Waals surface area contributed by atoms with E-state index >= 15 is 0 Å². The molecule has 2 aliphatic heterocycles. The van der Waals surface area contributed by atoms with Gasteiger partial charge in [0.15, 0.2) is 0 Å². The fraction of sp³-hybridized carbons (Fsp3) is 0.400. The number of ether oxygens (including phenoxy) is 1. The molecule has 0 aliphatic carbocycles. The highest BCUT2D eigenvalue weighted by atomic mass is 32.1. The van der Waals surface area contributed by atoms with Gasteiger partial charge in [-0.1, -0.05) is 12.1 Å². The van der Waals surface area contributed by atoms with Gasteiger partial charge in [0, 0.05) is 30.9 Å². The Morgan fingerprint density at radius 2 is 2.07 bits per heavy atom. The van der Waals surface area contributed by atoms with E-state index in [0.717, 1.165) is 16.9 Å². The second-order valence-electron chi connectivity index (χ2n) is 7.12. The molecule has 0 unspecified atom stereocenters. The molecule has 0 saturated carbocycles. The quantitative estimate of drug-likeness (QED) is 0.822. The van der Waals surface area contributed by atoms with Crippen molar-refractivity contribution in [3.63, 3.8) is 0 Å². The van der Waals surface area contributed by atoms with E-state index in [-0.39, 0.29) is 18.4 Å². The number of likely N-dealkylation sites (tertiary alicyclic amines) is 1. The lowest BCUT2D eigenvalue weighted by Crippen LogP contribution is -2.50. The summed E-state index contributed by atoms with van der Waals surface area (Å²) in [5.74, 6) is -1.24. The molecule has 0 radical (unpaired) electrons. The van der Waals surface area contributed by atoms with Crippen LogP contribution in [0, 0.1) is 5.82 Å². The Morgan fingerprint density at radius 3 is 2.79 bits per heavy atom. The highest BCUT2D eigenvalue weighted by Gasteiger charge is 2.43. The molecule has 1 aromatic carbocycles. The first kappa shape index (κ1) is 18.9. The summed E-state index contributed by atoms with van der Waals surface area (Å²) in [5.41, 5.74) is 1.18. The molecule has 6 nitrogen and oxygen atoms in total. The van der Waals surface area contributed by atoms with Gasteiger partial charge in [0.05, 0.1) is 12.2 Å². The lowest BCUT2D eigenvalue weighted by atomic mass is 9.82. The van der Waals surface area contributed by atoms with Crippen molar-refractivity contribution in [3.8, 4) is 0 Å². The summed E-state index contributed by atoms with van der Waals surface area (Å²) in [6, 6.07) is 7.70. The average molecular weight is 404 g/mol. The lowest BCUT2D eigenvalue weighted by Gasteiger charge is -2.44. The number of nitrogens with one attached hydrogen (secondary N) is 1. The largest absolute Gasteiger partial charge is 0.477 e. The van der Waals surface area contributed by atoms with Gasteiger partial charge < -0.3 is 20.1 Å². The molecule has 2 aromatic rings. The van der Waals surface area contributed by atoms with Gasteiger partial charge in [-0.3, -0.25) is 0 Å². The number of halogens is 1. The summed E-state index contributed by atoms with van der Waals surface area (Å²) < 4.78 is 19.4. The summed E-state index contributed by atoms with van der Waals surface area (Å²) in [6.07, 6.45) is 1.99. The van der Waals surface area contributed by atoms with Crippen molar-refractivity contribution >= 4 is 23.3 Å². The zero-order valence-corrected chi connectivity index (χ0v) is 16.1. The van der Waals surface area contributed by atoms with Gasteiger partial charge in [0.2, 0.25) is 0 Å². The van der Waals surface area contributed by atoms with Gasteiger partial charge in [0.1, 0.15) is 10.7 Å². The minimum absolute atomic E-state index is 0.188. The van der Waals surface area contributed by atoms with Crippen molar-refractivity contribution in [1.82, 2.24) is 10.2 Å². The van der Waals surface area contributed by atoms with E-state index in [4.69, 9.17) is 4.74 Å². The number of carboxylic acid groups (broad SMARTS) is 1. The number of thiophene rings is 1. The van der Waals surface area contributed by atoms with Gasteiger partial charge in [-0.25, -0.2) is 14.0 Å². The van der Waals surface area contributed by atoms with Crippen molar-refractivity contribution < 1.29 is 23.8 Å². The Labute approximate surface area is 165 Å². The van der Waals surface area contributed by atoms with Gasteiger partial charge in [-0.2, -0.15) is 0 Å². The van der Waals surface area contributed by atoms with Crippen LogP contribution in [0.25, 0.3) is 0 Å². The lowest BCUT2D eigenvalue weighted by molar-refractivity contribution is -0.0917. The van der Waals surface area contributed by atoms with Crippen LogP contribution in [0.5, 0.6) is 0 Å². The molecule has 28 heavy (non-hydrogen) atoms. The van der Waals surface area contributed by atoms with Gasteiger partial charge in [-0.15, -0.1) is 11.3 Å². The second-order valence-corrected chi connectivity index (χ2v) is 8.26. The van der Waals surface area contributed by atoms with Crippen LogP contribution in [0.1, 0.15) is 38.5 Å². The number of hydrogen-bond donors (Lipinski definition) is 2. The van der Waals surface area contributed by atoms with Crippen LogP contribution in [0.15, 0.2) is 30.3 Å². The van der Waals surface area contributed by atoms with E-state index in [2.05, 4.69) is 5.32 Å². The zero-order valence-electron chi connectivity index (χ0n) is 15.2. The number of piperidine rings is 1. The summed E-state index contributed by atoms with van der Waals surface area (Å²) in [5, 5.41) is 12.1. The molecular weight excluding hydrogens is 383 g/mol. The van der Waals surface area contributed by atoms with E-state index in [9.17, 15) is 19.1 Å². The molecule has 1 fully saturated rings. The van der Waals surface area contributed by atoms with Gasteiger partial charge in [0.25, 0.3) is 0 Å². The van der Waals surface area contributed by atoms with Crippen LogP contribution in [0.4, 0.5) is 9.18 Å². The number of carbonyl (C=O) groups is 2. The first-order valence-electron chi connectivity index (χ1n) is 9.24. The highest BCUT2D eigenvalue weighted by Crippen LogP contribution is 2.44. The molecule has 0 bridgehead atoms. The minimum Gasteiger partial charge on any atom is -0.477 e. The van der Waals surface area contributed by atoms with Crippen molar-refractivity contribution in [1.29, 1.82) is 0 Å². The molecule has 2 amide bonds. The summed E-state index contributed by atoms with van der Waals surface area (Å²) in [4.78, 5) is 26.9. The van der Waals surface area contributed by atoms with Gasteiger partial charge >= 0.3 is 12.0 Å². The van der Waals surface area contributed by atoms with E-state index in [1.165, 1.54) is 23.5 Å². The molecule has 0 atom stereocenters. The number of amides is 2. The number of aromatic carboxylic acids is 1. The maximum atomic E-state index is 13.2. The summed E-state index contributed by atoms with van der Waals surface area (Å²) in [7, 11) is 0. The zero-order chi connectivity index (χ0) is 19.7. The number of carbonyl (C=O) groups excluding carboxylic acids is 1. The Morgan fingerprint density at radius 1 is 1.29 bits per heavy atom. The topological polar surface area (TPSA) is 78.9 Å². The second kappa shape index (κ2) is 7.52. The average Bonchev–Trinajstić information content (AvgIpc) is 3.13. The summed E-state index contributed by atoms with van der Waals surface area (Å²) >= 11 is 1.32. The molecule has 148 valence electrons. The molecule has 1 aromatic heterocycles. The Kier molecular flexibility index (Phi) is 5.07. The van der Waals surface area contributed by atoms with Crippen LogP contribution >= 0.6 is 11.3 Å². The van der Waals surface area contributed by atoms with Gasteiger partial charge in [-0.05, 0) is 42.2 Å². The Balaban J connectivity index is 1.39. The molecule has 1 saturated heterocycles. The highest BCUT2D eigenvalue weighted by molar-refractivity contribution is 7.14. The van der Waals surface area contributed by atoms with Crippen LogP contribution in [-0.4, -0.2) is 41.7 Å². The smallest absolute Gasteiger partial charge is 0.345 e. The maximum absolute atomic E-state index is 13.2. The predicted octanol–water partition coefficient (Wildman–Crippen LogP) is 3.36. The Hall–Kier alpha value is -2.45. The number of nitrogens with zero attached hydrogens (tertiary/aromatic N) is 1. The van der Waals surface area contributed by atoms with Crippen molar-refractivity contribution in [3.05, 3.63) is 57.0 Å². The SMILES string of the molecule is O=C(O)c1cc2c(s1)CCOC21CCN(C(=O)NCc2cccc(F)c2)CC1. The fourth-order valence-electron chi connectivity index (χ4n) is 3.94. The number of hydrogen-bond acceptors (Lipinski definition) is 4. The van der Waals surface area contributed by atoms with Crippen LogP contribution in [0.3, 0.4) is 0 Å². The van der Waals surface area contributed by atoms with Crippen molar-refractivity contribution in [2.45, 2.75) is 31.4 Å². The van der Waals surface area contributed by atoms with E-state index < -0.39 is 11.6 Å². The predicted molar refractivity (Wildman–Crippen MR) is 102 cm³/mol. The molecule has 4 rings (SSSR count). The third kappa shape index (κ3) is 3.62. The molecular formula is C20H21FN2O4S. The fourth-order valence-corrected chi connectivity index (χ4v) is 5.01. The number of urea groups is 1. The summed E-state index contributed by atoms with van der Waals surface area (Å²) in [6.45, 7) is 1.88. The molecule has 1 spiro atoms. The molecule has 2 aliphatic rings. The van der Waals surface area contributed by atoms with Crippen molar-refractivity contribution in [2.75, 3.05) is 19.7 Å². The first-order chi connectivity index (χ1) is 13.5. The monoisotopic (exact) mass is 404 g/mol. The van der Waals surface area contributed by atoms with E-state index in [1.54, 1.807) is 23.1 Å². The van der Waals surface area contributed by atoms with Crippen LogP contribution in [-0.2, 0) is 23.3 Å². The first-order valence-corrected chi connectivity index (χ1v) is 10.1. The van der Waals surface area contributed by atoms with E-state index in [1.807, 2.05) is 0 Å². The van der Waals surface area contributed by atoms with E-state index in [0.29, 0.717) is 43.0 Å². The maximum Gasteiger partial charge on any atom is 0.345 e. The third-order valence-corrected chi connectivity index (χ3v) is 6.59. The third-order valence-electron chi connectivity index (χ3n) is 5.41. The normalized spacial score (nSPS) is 18.0. The Bertz CT molecular complexity index is 905. The number of rotatable bonds is 3. The number of fused-ring (bicyclic) bond motifs is 2. The van der Waals surface area contributed by atoms with Crippen LogP contribution < -0.4 is 5.32 Å². The number of carboxylic acids is 1. The standard InChI is InChI=1S/C20H21FN2O4S/c21-14-3-1-2-13(10-14)12-22-19(26)23-7-5-20(6-8-23)15-11-17(18(24)25)28-16(15)4-9-27-20/h1-3,10-11H,4-9,12H2,(H,22,26)(H,24,25). The molecule has 8 heteroatoms. The van der Waals surface area contributed by atoms with Crippen LogP contribution in [0.2, 0.25) is 0 Å². The molecule has 2 N–H and O–H groups in total. The van der Waals surface area contributed by atoms with Crippen molar-refractivity contribution in [2.24, 2.45) is 0 Å².